The zero-order chi connectivity index (χ0) is 40.6. The average molecular weight is 799 g/mol. The molecule has 10 aromatic heterocycles. The highest BCUT2D eigenvalue weighted by Gasteiger charge is 2.26. The molecule has 0 saturated carbocycles. The third-order valence-corrected chi connectivity index (χ3v) is 11.0. The van der Waals surface area contributed by atoms with Crippen LogP contribution in [0.15, 0.2) is 144 Å². The van der Waals surface area contributed by atoms with Crippen molar-refractivity contribution in [2.45, 2.75) is 0 Å². The Kier molecular flexibility index (Phi) is 7.55. The molecule has 0 unspecified atom stereocenters. The highest BCUT2D eigenvalue weighted by molar-refractivity contribution is 5.99. The fourth-order valence-corrected chi connectivity index (χ4v) is 7.94. The van der Waals surface area contributed by atoms with Gasteiger partial charge in [0.15, 0.2) is 23.0 Å². The van der Waals surface area contributed by atoms with Gasteiger partial charge in [-0.15, -0.1) is 5.10 Å². The van der Waals surface area contributed by atoms with Crippen molar-refractivity contribution in [3.63, 3.8) is 0 Å². The summed E-state index contributed by atoms with van der Waals surface area (Å²) in [6.45, 7) is 0. The Hall–Kier alpha value is -8.72. The van der Waals surface area contributed by atoms with E-state index in [4.69, 9.17) is 23.9 Å². The summed E-state index contributed by atoms with van der Waals surface area (Å²) in [5.74, 6) is 1.81. The van der Waals surface area contributed by atoms with Crippen molar-refractivity contribution < 1.29 is 13.4 Å². The number of para-hydroxylation sites is 2. The van der Waals surface area contributed by atoms with E-state index in [0.29, 0.717) is 34.6 Å². The molecule has 61 heavy (non-hydrogen) atoms. The maximum Gasteiger partial charge on any atom is 0.317 e. The van der Waals surface area contributed by atoms with E-state index in [0.717, 1.165) is 88.7 Å². The molecule has 0 amide bonds. The smallest absolute Gasteiger partial charge is 0.317 e. The number of nitrogens with zero attached hydrogens (tertiary/aromatic N) is 9. The van der Waals surface area contributed by atoms with Crippen molar-refractivity contribution in [2.24, 2.45) is 0 Å². The molecule has 15 heteroatoms. The highest BCUT2D eigenvalue weighted by Crippen LogP contribution is 2.36. The van der Waals surface area contributed by atoms with Gasteiger partial charge in [-0.3, -0.25) is 15.1 Å². The van der Waals surface area contributed by atoms with Gasteiger partial charge in [0.2, 0.25) is 0 Å². The Morgan fingerprint density at radius 3 is 2.11 bits per heavy atom. The molecule has 0 bridgehead atoms. The molecule has 0 spiro atoms. The largest absolute Gasteiger partial charge is 0.472 e. The van der Waals surface area contributed by atoms with Crippen LogP contribution in [-0.2, 0) is 0 Å². The van der Waals surface area contributed by atoms with Crippen molar-refractivity contribution in [3.05, 3.63) is 135 Å². The van der Waals surface area contributed by atoms with Crippen LogP contribution in [0, 0.1) is 0 Å². The number of furan rings is 2. The molecular weight excluding hydrogens is 767 g/mol. The third kappa shape index (κ3) is 5.66. The molecule has 292 valence electrons. The number of aromatic nitrogens is 12. The number of imidazole rings is 2. The van der Waals surface area contributed by atoms with Crippen LogP contribution in [0.2, 0.25) is 0 Å². The summed E-state index contributed by atoms with van der Waals surface area (Å²) in [6, 6.07) is 26.2. The van der Waals surface area contributed by atoms with Gasteiger partial charge in [-0.1, -0.05) is 35.4 Å². The van der Waals surface area contributed by atoms with Crippen molar-refractivity contribution in [1.82, 2.24) is 55.3 Å². The second-order valence-electron chi connectivity index (χ2n) is 15.0. The van der Waals surface area contributed by atoms with Gasteiger partial charge in [0.1, 0.15) is 23.5 Å². The van der Waals surface area contributed by atoms with Gasteiger partial charge >= 0.3 is 5.65 Å². The van der Waals surface area contributed by atoms with Crippen LogP contribution in [-0.4, -0.2) is 69.4 Å². The topological polar surface area (TPSA) is 187 Å². The van der Waals surface area contributed by atoms with E-state index in [9.17, 15) is 0 Å². The lowest BCUT2D eigenvalue weighted by Crippen LogP contribution is -2.31. The molecule has 12 rings (SSSR count). The second-order valence-corrected chi connectivity index (χ2v) is 15.0. The maximum atomic E-state index is 6.38. The number of benzene rings is 2. The normalized spacial score (nSPS) is 11.8. The number of H-pyrrole nitrogens is 4. The van der Waals surface area contributed by atoms with E-state index in [1.807, 2.05) is 115 Å². The zero-order valence-corrected chi connectivity index (χ0v) is 32.5. The third-order valence-electron chi connectivity index (χ3n) is 11.0. The number of anilines is 1. The predicted octanol–water partition coefficient (Wildman–Crippen LogP) is 8.91. The van der Waals surface area contributed by atoms with Crippen molar-refractivity contribution in [1.29, 1.82) is 0 Å². The van der Waals surface area contributed by atoms with Crippen LogP contribution in [0.3, 0.4) is 0 Å². The van der Waals surface area contributed by atoms with Gasteiger partial charge in [0, 0.05) is 89.5 Å². The molecule has 4 N–H and O–H groups in total. The standard InChI is InChI=1S/C46H31N13O2/c1-58(2)31-14-27(19-48-21-31)28-15-34-41(54-56-43(34)49-20-28)44-50-37-10-4-8-33(40(37)53-44)30-17-38(61-24-30)59-22-29(25-6-5-12-47-18-25)16-35-42(55-57-46(35)59)45-51-36-9-3-7-32(39(36)52-45)26-11-13-60-23-26/h3-24H,1-2H3,(H3,49,50,51,52,53,54,55,56)/p+1. The molecular formula is C46H32N13O2+. The summed E-state index contributed by atoms with van der Waals surface area (Å²) in [5.41, 5.74) is 14.4. The molecule has 0 aliphatic rings. The molecule has 0 fully saturated rings. The van der Waals surface area contributed by atoms with Crippen LogP contribution >= 0.6 is 0 Å². The number of aromatic amines is 4. The van der Waals surface area contributed by atoms with Gasteiger partial charge in [-0.2, -0.15) is 9.67 Å². The Bertz CT molecular complexity index is 3590. The summed E-state index contributed by atoms with van der Waals surface area (Å²) >= 11 is 0. The lowest BCUT2D eigenvalue weighted by atomic mass is 10.1. The van der Waals surface area contributed by atoms with Crippen molar-refractivity contribution >= 4 is 49.8 Å². The summed E-state index contributed by atoms with van der Waals surface area (Å²) in [7, 11) is 3.99. The molecule has 10 heterocycles. The van der Waals surface area contributed by atoms with Crippen LogP contribution in [0.4, 0.5) is 5.69 Å². The molecule has 0 aliphatic carbocycles. The van der Waals surface area contributed by atoms with Crippen molar-refractivity contribution in [2.75, 3.05) is 19.0 Å². The quantitative estimate of drug-likeness (QED) is 0.108. The van der Waals surface area contributed by atoms with Crippen LogP contribution in [0.25, 0.3) is 118 Å². The molecule has 2 aromatic carbocycles. The number of hydrogen-bond donors (Lipinski definition) is 4. The van der Waals surface area contributed by atoms with E-state index in [2.05, 4.69) is 58.4 Å². The first kappa shape index (κ1) is 34.3. The van der Waals surface area contributed by atoms with Crippen LogP contribution in [0.1, 0.15) is 0 Å². The lowest BCUT2D eigenvalue weighted by Gasteiger charge is -2.12. The lowest BCUT2D eigenvalue weighted by molar-refractivity contribution is -0.582. The fraction of sp³-hybridized carbons (Fsp3) is 0.0435. The van der Waals surface area contributed by atoms with Gasteiger partial charge in [0.05, 0.1) is 51.9 Å². The van der Waals surface area contributed by atoms with Gasteiger partial charge in [-0.05, 0) is 42.5 Å². The van der Waals surface area contributed by atoms with E-state index in [1.165, 1.54) is 0 Å². The Labute approximate surface area is 344 Å². The summed E-state index contributed by atoms with van der Waals surface area (Å²) in [4.78, 5) is 32.7. The number of fused-ring (bicyclic) bond motifs is 4. The number of pyridine rings is 4. The molecule has 0 radical (unpaired) electrons. The molecule has 12 aromatic rings. The SMILES string of the molecule is CN(C)c1cncc(-c2cnc3[nH]nc(-c4nc5c(-c6coc(-[n+]7cc(-c8cccnc8)cc8c(-c9nc%10c(-c%11ccoc%11)cccc%10[nH]9)n[nH]c87)c6)cccc5[nH]4)c3c2)c1. The van der Waals surface area contributed by atoms with E-state index < -0.39 is 0 Å². The molecule has 0 saturated heterocycles. The Morgan fingerprint density at radius 2 is 1.36 bits per heavy atom. The van der Waals surface area contributed by atoms with Crippen LogP contribution < -0.4 is 9.47 Å². The number of rotatable bonds is 8. The minimum Gasteiger partial charge on any atom is -0.472 e. The zero-order valence-electron chi connectivity index (χ0n) is 32.5. The highest BCUT2D eigenvalue weighted by atomic mass is 16.3. The first-order valence-electron chi connectivity index (χ1n) is 19.4. The maximum absolute atomic E-state index is 6.38. The van der Waals surface area contributed by atoms with E-state index >= 15 is 0 Å². The average Bonchev–Trinajstić information content (AvgIpc) is 4.16. The van der Waals surface area contributed by atoms with Crippen LogP contribution in [0.5, 0.6) is 0 Å². The monoisotopic (exact) mass is 798 g/mol. The minimum absolute atomic E-state index is 0.574. The van der Waals surface area contributed by atoms with Gasteiger partial charge in [-0.25, -0.2) is 15.0 Å². The second kappa shape index (κ2) is 13.4. The summed E-state index contributed by atoms with van der Waals surface area (Å²) in [5, 5.41) is 17.5. The molecule has 0 atom stereocenters. The minimum atomic E-state index is 0.574. The van der Waals surface area contributed by atoms with Crippen molar-refractivity contribution in [3.8, 4) is 73.4 Å². The number of nitrogens with one attached hydrogen (secondary N) is 4. The summed E-state index contributed by atoms with van der Waals surface area (Å²) in [6.07, 6.45) is 16.3. The van der Waals surface area contributed by atoms with Gasteiger partial charge in [0.25, 0.3) is 5.88 Å². The van der Waals surface area contributed by atoms with E-state index in [-0.39, 0.29) is 0 Å². The Balaban J connectivity index is 0.947. The van der Waals surface area contributed by atoms with Gasteiger partial charge < -0.3 is 23.7 Å². The Morgan fingerprint density at radius 1 is 0.623 bits per heavy atom. The fourth-order valence-electron chi connectivity index (χ4n) is 7.94. The number of hydrogen-bond acceptors (Lipinski definition) is 10. The van der Waals surface area contributed by atoms with E-state index in [1.54, 1.807) is 25.0 Å². The summed E-state index contributed by atoms with van der Waals surface area (Å²) < 4.78 is 13.7. The first-order valence-corrected chi connectivity index (χ1v) is 19.4. The molecule has 15 nitrogen and oxygen atoms in total. The molecule has 0 aliphatic heterocycles. The first-order chi connectivity index (χ1) is 30.0. The predicted molar refractivity (Wildman–Crippen MR) is 231 cm³/mol.